The van der Waals surface area contributed by atoms with Gasteiger partial charge in [-0.3, -0.25) is 44.8 Å². The number of amides is 3. The third kappa shape index (κ3) is 25.3. The number of fused-ring (bicyclic) bond motifs is 8. The zero-order chi connectivity index (χ0) is 88.9. The Labute approximate surface area is 712 Å². The van der Waals surface area contributed by atoms with Gasteiger partial charge in [0.15, 0.2) is 5.89 Å². The van der Waals surface area contributed by atoms with Crippen LogP contribution in [0.2, 0.25) is 0 Å². The van der Waals surface area contributed by atoms with Gasteiger partial charge in [-0.25, -0.2) is 29.1 Å². The van der Waals surface area contributed by atoms with Crippen LogP contribution in [0.5, 0.6) is 0 Å². The summed E-state index contributed by atoms with van der Waals surface area (Å²) in [6.07, 6.45) is 19.8. The van der Waals surface area contributed by atoms with Crippen LogP contribution >= 0.6 is 0 Å². The van der Waals surface area contributed by atoms with Gasteiger partial charge in [-0.1, -0.05) is 96.9 Å². The van der Waals surface area contributed by atoms with E-state index in [0.29, 0.717) is 29.2 Å². The maximum atomic E-state index is 11.3. The summed E-state index contributed by atoms with van der Waals surface area (Å²) in [6.45, 7) is 34.3. The van der Waals surface area contributed by atoms with Gasteiger partial charge in [0.05, 0.1) is 58.0 Å². The van der Waals surface area contributed by atoms with E-state index in [1.807, 2.05) is 167 Å². The molecule has 0 saturated heterocycles. The normalized spacial score (nSPS) is 12.0. The second-order valence-corrected chi connectivity index (χ2v) is 31.2. The number of hydrogen-bond acceptors (Lipinski definition) is 13. The number of carbonyl (C=O) groups excluding carboxylic acids is 2. The Morgan fingerprint density at radius 2 is 0.992 bits per heavy atom. The summed E-state index contributed by atoms with van der Waals surface area (Å²) >= 11 is 0. The zero-order valence-corrected chi connectivity index (χ0v) is 74.2. The highest BCUT2D eigenvalue weighted by molar-refractivity contribution is 5.95. The number of H-pyrrole nitrogens is 1. The first-order chi connectivity index (χ1) is 57.9. The fourth-order valence-corrected chi connectivity index (χ4v) is 13.1. The van der Waals surface area contributed by atoms with Gasteiger partial charge < -0.3 is 38.5 Å². The predicted molar refractivity (Wildman–Crippen MR) is 494 cm³/mol. The smallest absolute Gasteiger partial charge is 0.326 e. The molecule has 0 spiro atoms. The SMILES string of the molecule is CC(=N)n1cc(C)ccc1=N.CC(=N)n1cc(C)ccc1=N.Cc1ccc2[nH]c(=O)n(C)c2c1.Cc1ccc2c(c1)CN(C)C(=O)N2.Cc1ccc2c(c1)C[C@@H](C)C(=O)N2.Cc1ccc2ccn(C)c2c1.Cc1ccc2cnn(C)c2c1.Cc1ccc2ncc(C)n2c1.Cc1ccc2ncn(C)c2c1.Cc1ccn2ncc(C)c2c1.Cc1cnc(C)o1. The van der Waals surface area contributed by atoms with E-state index in [2.05, 4.69) is 216 Å². The number of carbonyl (C=O) groups is 2. The van der Waals surface area contributed by atoms with Crippen LogP contribution in [0.1, 0.15) is 110 Å². The molecule has 0 aliphatic carbocycles. The highest BCUT2D eigenvalue weighted by Crippen LogP contribution is 2.27. The van der Waals surface area contributed by atoms with Crippen molar-refractivity contribution in [1.29, 1.82) is 21.6 Å². The van der Waals surface area contributed by atoms with Crippen molar-refractivity contribution in [2.75, 3.05) is 17.7 Å². The Balaban J connectivity index is 0.000000153. The number of aryl methyl sites for hydroxylation is 18. The molecule has 25 nitrogen and oxygen atoms in total. The van der Waals surface area contributed by atoms with Gasteiger partial charge in [0.2, 0.25) is 5.91 Å². The Bertz CT molecular complexity index is 6110. The molecule has 2 aliphatic rings. The minimum absolute atomic E-state index is 0.0312. The van der Waals surface area contributed by atoms with Gasteiger partial charge in [-0.05, 0) is 262 Å². The largest absolute Gasteiger partial charge is 0.446 e. The number of pyridine rings is 4. The van der Waals surface area contributed by atoms with Crippen LogP contribution in [0.3, 0.4) is 0 Å². The maximum Gasteiger partial charge on any atom is 0.326 e. The minimum Gasteiger partial charge on any atom is -0.446 e. The van der Waals surface area contributed by atoms with Gasteiger partial charge in [0.25, 0.3) is 0 Å². The lowest BCUT2D eigenvalue weighted by molar-refractivity contribution is -0.119. The number of aromatic amines is 1. The molecule has 19 rings (SSSR count). The van der Waals surface area contributed by atoms with E-state index >= 15 is 0 Å². The van der Waals surface area contributed by atoms with Crippen LogP contribution in [0, 0.1) is 124 Å². The molecule has 7 N–H and O–H groups in total. The zero-order valence-electron chi connectivity index (χ0n) is 74.2. The van der Waals surface area contributed by atoms with E-state index in [4.69, 9.17) is 26.1 Å². The van der Waals surface area contributed by atoms with Crippen molar-refractivity contribution in [3.8, 4) is 0 Å². The number of imidazole rings is 3. The number of nitrogens with zero attached hydrogens (tertiary/aromatic N) is 14. The van der Waals surface area contributed by atoms with Crippen LogP contribution in [0.4, 0.5) is 16.2 Å². The first kappa shape index (κ1) is 91.5. The van der Waals surface area contributed by atoms with Crippen molar-refractivity contribution < 1.29 is 14.0 Å². The molecule has 17 aromatic rings. The van der Waals surface area contributed by atoms with E-state index < -0.39 is 0 Å². The molecular formula is C97H115N21O4. The second-order valence-electron chi connectivity index (χ2n) is 31.2. The number of nitrogens with one attached hydrogen (secondary N) is 7. The average Bonchev–Trinajstić information content (AvgIpc) is 1.60. The van der Waals surface area contributed by atoms with Gasteiger partial charge in [-0.15, -0.1) is 0 Å². The van der Waals surface area contributed by atoms with Crippen LogP contribution in [-0.4, -0.2) is 102 Å². The Kier molecular flexibility index (Phi) is 31.4. The summed E-state index contributed by atoms with van der Waals surface area (Å²) in [5, 5.41) is 46.0. The van der Waals surface area contributed by atoms with Gasteiger partial charge in [0.1, 0.15) is 34.1 Å². The van der Waals surface area contributed by atoms with Gasteiger partial charge in [-0.2, -0.15) is 10.2 Å². The maximum absolute atomic E-state index is 11.3. The second kappa shape index (κ2) is 41.8. The Hall–Kier alpha value is -14.4. The van der Waals surface area contributed by atoms with Crippen LogP contribution in [0.25, 0.3) is 55.0 Å². The molecule has 11 aromatic heterocycles. The molecule has 13 heterocycles. The fourth-order valence-electron chi connectivity index (χ4n) is 13.1. The lowest BCUT2D eigenvalue weighted by Crippen LogP contribution is -2.35. The van der Waals surface area contributed by atoms with Gasteiger partial charge >= 0.3 is 11.7 Å². The topological polar surface area (TPSA) is 306 Å². The monoisotopic (exact) mass is 1640 g/mol. The Morgan fingerprint density at radius 3 is 1.59 bits per heavy atom. The van der Waals surface area contributed by atoms with Crippen molar-refractivity contribution in [2.24, 2.45) is 34.1 Å². The lowest BCUT2D eigenvalue weighted by Gasteiger charge is -2.26. The molecule has 0 bridgehead atoms. The molecule has 0 unspecified atom stereocenters. The summed E-state index contributed by atoms with van der Waals surface area (Å²) < 4.78 is 19.7. The highest BCUT2D eigenvalue weighted by Gasteiger charge is 2.22. The summed E-state index contributed by atoms with van der Waals surface area (Å²) in [7, 11) is 9.60. The number of anilines is 2. The number of oxazole rings is 1. The van der Waals surface area contributed by atoms with Gasteiger partial charge in [0, 0.05) is 120 Å². The van der Waals surface area contributed by atoms with E-state index in [9.17, 15) is 14.4 Å². The molecule has 3 amide bonds. The molecular weight excluding hydrogens is 1520 g/mol. The van der Waals surface area contributed by atoms with Crippen molar-refractivity contribution in [3.63, 3.8) is 0 Å². The van der Waals surface area contributed by atoms with Crippen molar-refractivity contribution in [1.82, 2.24) is 71.5 Å². The quantitative estimate of drug-likeness (QED) is 0.0560. The molecule has 632 valence electrons. The standard InChI is InChI=1S/C11H13NO.C10H12N2O.C10H11N.C9H10N2O.4C9H10N2.2C8H11N3.C5H7NO/c1-7-3-4-10-9(5-7)6-8(2)11(13)12-10;1-7-3-4-9-8(5-7)6-12(2)10(13)11-9;1-8-3-4-9-5-6-11(2)10(9)7-8;1-6-3-4-7-8(5-6)11(2)9(12)10-7;1-7-3-4-9-10-5-8(2)11(9)6-7;1-7-3-4-8-9(5-7)11(2)6-10-8;1-7-3-4-8-6-10-11(2)9(8)5-7;1-7-3-4-11-9(5-7)8(2)6-10-11;2*1-6-3-4-8(10)11(5-6)7(2)9;1-4-3-6-5(2)7-4/h3-5,8H,6H2,1-2H3,(H,12,13);3-5H,6H2,1-2H3,(H,11,13);3-7H,1-2H3;3-5H,1-2H3,(H,10,12);4*3-6H,1-2H3;2*3-5,9-10H,1-2H3;3H,1-2H3/t8-;;;;;;;;;;/m1........../s1. The number of urea groups is 1. The third-order valence-electron chi connectivity index (χ3n) is 20.0. The summed E-state index contributed by atoms with van der Waals surface area (Å²) in [5.74, 6) is 2.60. The number of rotatable bonds is 0. The van der Waals surface area contributed by atoms with E-state index in [1.165, 1.54) is 103 Å². The average molecular weight is 1640 g/mol. The summed E-state index contributed by atoms with van der Waals surface area (Å²) in [6, 6.07) is 54.7. The molecule has 2 aliphatic heterocycles. The van der Waals surface area contributed by atoms with Crippen LogP contribution in [-0.2, 0) is 46.0 Å². The van der Waals surface area contributed by atoms with E-state index in [1.54, 1.807) is 68.1 Å². The van der Waals surface area contributed by atoms with Crippen LogP contribution < -0.4 is 27.3 Å². The summed E-state index contributed by atoms with van der Waals surface area (Å²) in [4.78, 5) is 50.5. The van der Waals surface area contributed by atoms with Crippen molar-refractivity contribution >= 4 is 90.0 Å². The lowest BCUT2D eigenvalue weighted by atomic mass is 9.94. The molecule has 25 heteroatoms. The van der Waals surface area contributed by atoms with E-state index in [0.717, 1.165) is 68.3 Å². The van der Waals surface area contributed by atoms with Crippen LogP contribution in [0.15, 0.2) is 235 Å². The fraction of sp³-hybridized carbons (Fsp3) is 0.258. The van der Waals surface area contributed by atoms with E-state index in [-0.39, 0.29) is 23.5 Å². The minimum atomic E-state index is -0.0596. The number of aromatic nitrogens is 14. The molecule has 1 atom stereocenters. The third-order valence-corrected chi connectivity index (χ3v) is 20.0. The molecule has 122 heavy (non-hydrogen) atoms. The first-order valence-corrected chi connectivity index (χ1v) is 40.1. The Morgan fingerprint density at radius 1 is 0.467 bits per heavy atom. The predicted octanol–water partition coefficient (Wildman–Crippen LogP) is 19.0. The van der Waals surface area contributed by atoms with Crippen molar-refractivity contribution in [3.05, 3.63) is 337 Å². The molecule has 6 aromatic carbocycles. The number of benzene rings is 6. The molecule has 0 fully saturated rings. The molecule has 0 saturated carbocycles. The first-order valence-electron chi connectivity index (χ1n) is 40.1. The molecule has 0 radical (unpaired) electrons. The number of hydrogen-bond donors (Lipinski definition) is 7. The highest BCUT2D eigenvalue weighted by atomic mass is 16.3. The van der Waals surface area contributed by atoms with Crippen molar-refractivity contribution in [2.45, 2.75) is 131 Å². The summed E-state index contributed by atoms with van der Waals surface area (Å²) in [5.41, 5.74) is 28.4.